The van der Waals surface area contributed by atoms with Gasteiger partial charge in [0.2, 0.25) is 5.91 Å². The van der Waals surface area contributed by atoms with E-state index < -0.39 is 17.8 Å². The second-order valence-electron chi connectivity index (χ2n) is 3.52. The molecular formula is C9H17NO4. The molecule has 0 aliphatic heterocycles. The number of hydrogen-bond acceptors (Lipinski definition) is 3. The number of amides is 1. The van der Waals surface area contributed by atoms with E-state index in [2.05, 4.69) is 5.32 Å². The number of carboxylic acid groups (broad SMARTS) is 1. The molecule has 0 aliphatic carbocycles. The standard InChI is InChI=1S/C9H17NO4/c1-5(4-11)7(3)10-8(12)6(2)9(13)14/h5-7,11H,4H2,1-3H3,(H,10,12)(H,13,14). The van der Waals surface area contributed by atoms with Crippen LogP contribution in [0, 0.1) is 11.8 Å². The van der Waals surface area contributed by atoms with Crippen molar-refractivity contribution in [2.45, 2.75) is 26.8 Å². The van der Waals surface area contributed by atoms with E-state index in [1.807, 2.05) is 0 Å². The van der Waals surface area contributed by atoms with E-state index in [1.54, 1.807) is 13.8 Å². The molecule has 3 atom stereocenters. The first-order valence-electron chi connectivity index (χ1n) is 4.54. The van der Waals surface area contributed by atoms with E-state index in [9.17, 15) is 9.59 Å². The molecule has 0 aromatic rings. The Morgan fingerprint density at radius 3 is 2.14 bits per heavy atom. The number of hydrogen-bond donors (Lipinski definition) is 3. The number of aliphatic hydroxyl groups is 1. The zero-order valence-electron chi connectivity index (χ0n) is 8.65. The normalized spacial score (nSPS) is 16.9. The molecule has 0 fully saturated rings. The highest BCUT2D eigenvalue weighted by atomic mass is 16.4. The van der Waals surface area contributed by atoms with Crippen molar-refractivity contribution in [3.63, 3.8) is 0 Å². The molecule has 0 aromatic carbocycles. The molecule has 14 heavy (non-hydrogen) atoms. The van der Waals surface area contributed by atoms with Crippen LogP contribution in [-0.2, 0) is 9.59 Å². The Kier molecular flexibility index (Phi) is 5.15. The lowest BCUT2D eigenvalue weighted by Gasteiger charge is -2.20. The third kappa shape index (κ3) is 3.74. The van der Waals surface area contributed by atoms with E-state index in [0.717, 1.165) is 0 Å². The molecule has 0 heterocycles. The molecule has 0 radical (unpaired) electrons. The molecule has 3 unspecified atom stereocenters. The number of carboxylic acids is 1. The molecule has 1 amide bonds. The van der Waals surface area contributed by atoms with Gasteiger partial charge in [0.1, 0.15) is 5.92 Å². The molecule has 0 spiro atoms. The Balaban J connectivity index is 4.12. The lowest BCUT2D eigenvalue weighted by atomic mass is 10.0. The summed E-state index contributed by atoms with van der Waals surface area (Å²) in [4.78, 5) is 21.7. The summed E-state index contributed by atoms with van der Waals surface area (Å²) in [5, 5.41) is 19.9. The first-order valence-corrected chi connectivity index (χ1v) is 4.54. The maximum atomic E-state index is 11.2. The Bertz CT molecular complexity index is 217. The predicted molar refractivity (Wildman–Crippen MR) is 50.7 cm³/mol. The van der Waals surface area contributed by atoms with Crippen LogP contribution >= 0.6 is 0 Å². The van der Waals surface area contributed by atoms with Crippen LogP contribution in [0.2, 0.25) is 0 Å². The molecule has 0 rings (SSSR count). The Hall–Kier alpha value is -1.10. The Morgan fingerprint density at radius 2 is 1.79 bits per heavy atom. The molecular weight excluding hydrogens is 186 g/mol. The second kappa shape index (κ2) is 5.59. The number of carbonyl (C=O) groups is 2. The van der Waals surface area contributed by atoms with Crippen LogP contribution in [0.3, 0.4) is 0 Å². The average molecular weight is 203 g/mol. The summed E-state index contributed by atoms with van der Waals surface area (Å²) in [6.45, 7) is 4.79. The maximum Gasteiger partial charge on any atom is 0.315 e. The van der Waals surface area contributed by atoms with Crippen molar-refractivity contribution in [2.24, 2.45) is 11.8 Å². The summed E-state index contributed by atoms with van der Waals surface area (Å²) in [5.74, 6) is -2.81. The summed E-state index contributed by atoms with van der Waals surface area (Å²) in [6.07, 6.45) is 0. The van der Waals surface area contributed by atoms with Gasteiger partial charge in [0.15, 0.2) is 0 Å². The molecule has 0 saturated carbocycles. The molecule has 0 saturated heterocycles. The Morgan fingerprint density at radius 1 is 1.29 bits per heavy atom. The SMILES string of the molecule is CC(C(=O)O)C(=O)NC(C)C(C)CO. The van der Waals surface area contributed by atoms with Gasteiger partial charge >= 0.3 is 5.97 Å². The van der Waals surface area contributed by atoms with E-state index >= 15 is 0 Å². The maximum absolute atomic E-state index is 11.2. The Labute approximate surface area is 83.1 Å². The van der Waals surface area contributed by atoms with Crippen molar-refractivity contribution in [3.05, 3.63) is 0 Å². The van der Waals surface area contributed by atoms with Gasteiger partial charge in [-0.3, -0.25) is 9.59 Å². The number of nitrogens with one attached hydrogen (secondary N) is 1. The molecule has 5 heteroatoms. The predicted octanol–water partition coefficient (Wildman–Crippen LogP) is -0.160. The van der Waals surface area contributed by atoms with Gasteiger partial charge in [-0.05, 0) is 19.8 Å². The summed E-state index contributed by atoms with van der Waals surface area (Å²) in [6, 6.07) is -0.228. The minimum atomic E-state index is -1.15. The highest BCUT2D eigenvalue weighted by Gasteiger charge is 2.23. The van der Waals surface area contributed by atoms with Crippen molar-refractivity contribution in [1.82, 2.24) is 5.32 Å². The molecule has 3 N–H and O–H groups in total. The van der Waals surface area contributed by atoms with Crippen LogP contribution in [0.4, 0.5) is 0 Å². The van der Waals surface area contributed by atoms with Crippen LogP contribution < -0.4 is 5.32 Å². The van der Waals surface area contributed by atoms with Gasteiger partial charge in [0.25, 0.3) is 0 Å². The van der Waals surface area contributed by atoms with Gasteiger partial charge in [0.05, 0.1) is 0 Å². The largest absolute Gasteiger partial charge is 0.481 e. The zero-order valence-corrected chi connectivity index (χ0v) is 8.65. The summed E-state index contributed by atoms with van der Waals surface area (Å²) < 4.78 is 0. The monoisotopic (exact) mass is 203 g/mol. The van der Waals surface area contributed by atoms with Crippen molar-refractivity contribution in [1.29, 1.82) is 0 Å². The van der Waals surface area contributed by atoms with Crippen molar-refractivity contribution < 1.29 is 19.8 Å². The molecule has 0 bridgehead atoms. The van der Waals surface area contributed by atoms with Gasteiger partial charge in [-0.15, -0.1) is 0 Å². The van der Waals surface area contributed by atoms with Crippen LogP contribution in [0.15, 0.2) is 0 Å². The van der Waals surface area contributed by atoms with E-state index in [4.69, 9.17) is 10.2 Å². The summed E-state index contributed by atoms with van der Waals surface area (Å²) in [7, 11) is 0. The van der Waals surface area contributed by atoms with Crippen molar-refractivity contribution >= 4 is 11.9 Å². The van der Waals surface area contributed by atoms with Gasteiger partial charge in [-0.2, -0.15) is 0 Å². The van der Waals surface area contributed by atoms with E-state index in [0.29, 0.717) is 0 Å². The minimum Gasteiger partial charge on any atom is -0.481 e. The fourth-order valence-electron chi connectivity index (χ4n) is 0.762. The topological polar surface area (TPSA) is 86.6 Å². The molecule has 5 nitrogen and oxygen atoms in total. The van der Waals surface area contributed by atoms with Crippen LogP contribution in [0.5, 0.6) is 0 Å². The van der Waals surface area contributed by atoms with Gasteiger partial charge < -0.3 is 15.5 Å². The smallest absolute Gasteiger partial charge is 0.315 e. The second-order valence-corrected chi connectivity index (χ2v) is 3.52. The van der Waals surface area contributed by atoms with Gasteiger partial charge in [-0.25, -0.2) is 0 Å². The van der Waals surface area contributed by atoms with E-state index in [-0.39, 0.29) is 18.6 Å². The van der Waals surface area contributed by atoms with Gasteiger partial charge in [0, 0.05) is 12.6 Å². The highest BCUT2D eigenvalue weighted by Crippen LogP contribution is 2.03. The quantitative estimate of drug-likeness (QED) is 0.542. The summed E-state index contributed by atoms with van der Waals surface area (Å²) >= 11 is 0. The molecule has 0 aromatic heterocycles. The lowest BCUT2D eigenvalue weighted by molar-refractivity contribution is -0.146. The number of aliphatic hydroxyl groups excluding tert-OH is 1. The van der Waals surface area contributed by atoms with Crippen LogP contribution in [-0.4, -0.2) is 34.7 Å². The first-order chi connectivity index (χ1) is 6.40. The fourth-order valence-corrected chi connectivity index (χ4v) is 0.762. The van der Waals surface area contributed by atoms with Crippen LogP contribution in [0.25, 0.3) is 0 Å². The third-order valence-electron chi connectivity index (χ3n) is 2.28. The number of aliphatic carboxylic acids is 1. The first kappa shape index (κ1) is 12.9. The fraction of sp³-hybridized carbons (Fsp3) is 0.778. The number of carbonyl (C=O) groups excluding carboxylic acids is 1. The van der Waals surface area contributed by atoms with Crippen LogP contribution in [0.1, 0.15) is 20.8 Å². The average Bonchev–Trinajstić information content (AvgIpc) is 2.14. The van der Waals surface area contributed by atoms with Gasteiger partial charge in [-0.1, -0.05) is 6.92 Å². The summed E-state index contributed by atoms with van der Waals surface area (Å²) in [5.41, 5.74) is 0. The minimum absolute atomic E-state index is 0.0388. The highest BCUT2D eigenvalue weighted by molar-refractivity contribution is 5.96. The number of rotatable bonds is 5. The molecule has 82 valence electrons. The molecule has 0 aliphatic rings. The third-order valence-corrected chi connectivity index (χ3v) is 2.28. The van der Waals surface area contributed by atoms with E-state index in [1.165, 1.54) is 6.92 Å². The lowest BCUT2D eigenvalue weighted by Crippen LogP contribution is -2.42. The van der Waals surface area contributed by atoms with Crippen molar-refractivity contribution in [2.75, 3.05) is 6.61 Å². The van der Waals surface area contributed by atoms with Crippen molar-refractivity contribution in [3.8, 4) is 0 Å². The zero-order chi connectivity index (χ0) is 11.3.